The number of carbonyl (C=O) groups excluding carboxylic acids is 2. The monoisotopic (exact) mass is 332 g/mol. The van der Waals surface area contributed by atoms with Gasteiger partial charge in [0.2, 0.25) is 11.8 Å². The van der Waals surface area contributed by atoms with Crippen molar-refractivity contribution in [2.45, 2.75) is 19.4 Å². The lowest BCUT2D eigenvalue weighted by Gasteiger charge is -2.34. The van der Waals surface area contributed by atoms with Crippen molar-refractivity contribution in [2.75, 3.05) is 31.2 Å². The summed E-state index contributed by atoms with van der Waals surface area (Å²) in [7, 11) is 0. The fraction of sp³-hybridized carbons (Fsp3) is 0.471. The average Bonchev–Trinajstić information content (AvgIpc) is 2.96. The van der Waals surface area contributed by atoms with E-state index in [1.54, 1.807) is 4.90 Å². The van der Waals surface area contributed by atoms with Crippen LogP contribution in [0.4, 0.5) is 5.69 Å². The van der Waals surface area contributed by atoms with Gasteiger partial charge in [-0.1, -0.05) is 17.7 Å². The molecule has 0 aromatic heterocycles. The van der Waals surface area contributed by atoms with Crippen molar-refractivity contribution < 1.29 is 24.2 Å². The first-order chi connectivity index (χ1) is 11.5. The van der Waals surface area contributed by atoms with E-state index in [2.05, 4.69) is 0 Å². The van der Waals surface area contributed by atoms with Crippen LogP contribution in [0.25, 0.3) is 0 Å². The zero-order chi connectivity index (χ0) is 17.3. The largest absolute Gasteiger partial charge is 0.480 e. The van der Waals surface area contributed by atoms with E-state index in [9.17, 15) is 19.5 Å². The first-order valence-corrected chi connectivity index (χ1v) is 7.95. The van der Waals surface area contributed by atoms with Gasteiger partial charge in [0.1, 0.15) is 0 Å². The number of carboxylic acid groups (broad SMARTS) is 1. The van der Waals surface area contributed by atoms with Crippen molar-refractivity contribution in [3.63, 3.8) is 0 Å². The maximum Gasteiger partial charge on any atom is 0.328 e. The minimum absolute atomic E-state index is 0.0105. The fourth-order valence-electron chi connectivity index (χ4n) is 3.15. The molecule has 2 atom stereocenters. The molecule has 24 heavy (non-hydrogen) atoms. The zero-order valence-corrected chi connectivity index (χ0v) is 13.5. The van der Waals surface area contributed by atoms with E-state index in [0.717, 1.165) is 11.3 Å². The molecule has 2 aliphatic rings. The minimum atomic E-state index is -1.08. The number of carboxylic acids is 1. The van der Waals surface area contributed by atoms with Crippen molar-refractivity contribution in [3.05, 3.63) is 29.8 Å². The van der Waals surface area contributed by atoms with Gasteiger partial charge in [0, 0.05) is 25.2 Å². The average molecular weight is 332 g/mol. The normalized spacial score (nSPS) is 24.3. The Bertz CT molecular complexity index is 657. The number of aliphatic carboxylic acids is 1. The summed E-state index contributed by atoms with van der Waals surface area (Å²) in [5.74, 6) is -1.99. The summed E-state index contributed by atoms with van der Waals surface area (Å²) < 4.78 is 5.16. The number of amides is 2. The summed E-state index contributed by atoms with van der Waals surface area (Å²) in [4.78, 5) is 39.3. The highest BCUT2D eigenvalue weighted by Gasteiger charge is 2.41. The van der Waals surface area contributed by atoms with E-state index in [-0.39, 0.29) is 37.9 Å². The molecular weight excluding hydrogens is 312 g/mol. The van der Waals surface area contributed by atoms with Gasteiger partial charge in [0.25, 0.3) is 0 Å². The van der Waals surface area contributed by atoms with Crippen LogP contribution in [-0.2, 0) is 19.1 Å². The Morgan fingerprint density at radius 2 is 1.96 bits per heavy atom. The van der Waals surface area contributed by atoms with Crippen LogP contribution in [0.1, 0.15) is 12.0 Å². The van der Waals surface area contributed by atoms with Crippen molar-refractivity contribution in [3.8, 4) is 0 Å². The molecule has 2 heterocycles. The van der Waals surface area contributed by atoms with Crippen LogP contribution in [0.15, 0.2) is 24.3 Å². The van der Waals surface area contributed by atoms with Gasteiger partial charge in [-0.05, 0) is 19.1 Å². The lowest BCUT2D eigenvalue weighted by Crippen LogP contribution is -2.54. The van der Waals surface area contributed by atoms with Crippen LogP contribution in [0, 0.1) is 12.8 Å². The van der Waals surface area contributed by atoms with Crippen LogP contribution in [0.5, 0.6) is 0 Å². The second-order valence-electron chi connectivity index (χ2n) is 6.20. The third kappa shape index (κ3) is 3.12. The Hall–Kier alpha value is -2.41. The quantitative estimate of drug-likeness (QED) is 0.879. The van der Waals surface area contributed by atoms with Crippen molar-refractivity contribution in [1.82, 2.24) is 4.90 Å². The standard InChI is InChI=1S/C17H20N2O5/c1-11-2-4-13(5-3-11)19-9-12(8-15(19)20)16(21)18-6-7-24-10-14(18)17(22)23/h2-5,12,14H,6-10H2,1H3,(H,22,23). The van der Waals surface area contributed by atoms with Crippen molar-refractivity contribution in [2.24, 2.45) is 5.92 Å². The molecule has 1 aromatic rings. The molecule has 7 heteroatoms. The molecule has 0 bridgehead atoms. The van der Waals surface area contributed by atoms with Gasteiger partial charge >= 0.3 is 5.97 Å². The highest BCUT2D eigenvalue weighted by atomic mass is 16.5. The van der Waals surface area contributed by atoms with Crippen LogP contribution < -0.4 is 4.90 Å². The molecule has 0 spiro atoms. The molecule has 0 saturated carbocycles. The van der Waals surface area contributed by atoms with E-state index in [0.29, 0.717) is 6.61 Å². The molecule has 2 saturated heterocycles. The predicted molar refractivity (Wildman–Crippen MR) is 85.6 cm³/mol. The summed E-state index contributed by atoms with van der Waals surface area (Å²) in [5.41, 5.74) is 1.85. The minimum Gasteiger partial charge on any atom is -0.480 e. The van der Waals surface area contributed by atoms with E-state index in [4.69, 9.17) is 4.74 Å². The van der Waals surface area contributed by atoms with Crippen molar-refractivity contribution in [1.29, 1.82) is 0 Å². The molecule has 0 radical (unpaired) electrons. The molecule has 128 valence electrons. The van der Waals surface area contributed by atoms with Crippen LogP contribution >= 0.6 is 0 Å². The van der Waals surface area contributed by atoms with E-state index in [1.165, 1.54) is 4.90 Å². The number of anilines is 1. The number of morpholine rings is 1. The first-order valence-electron chi connectivity index (χ1n) is 7.95. The second kappa shape index (κ2) is 6.60. The van der Waals surface area contributed by atoms with Crippen LogP contribution in [0.3, 0.4) is 0 Å². The molecule has 2 aliphatic heterocycles. The van der Waals surface area contributed by atoms with E-state index in [1.807, 2.05) is 31.2 Å². The maximum atomic E-state index is 12.7. The molecule has 2 unspecified atom stereocenters. The Kier molecular flexibility index (Phi) is 4.53. The highest BCUT2D eigenvalue weighted by Crippen LogP contribution is 2.27. The number of nitrogens with zero attached hydrogens (tertiary/aromatic N) is 2. The third-order valence-corrected chi connectivity index (χ3v) is 4.52. The Morgan fingerprint density at radius 1 is 1.25 bits per heavy atom. The van der Waals surface area contributed by atoms with E-state index < -0.39 is 17.9 Å². The summed E-state index contributed by atoms with van der Waals surface area (Å²) in [6.45, 7) is 2.79. The lowest BCUT2D eigenvalue weighted by atomic mass is 10.1. The zero-order valence-electron chi connectivity index (χ0n) is 13.5. The van der Waals surface area contributed by atoms with Crippen LogP contribution in [-0.4, -0.2) is 60.1 Å². The molecule has 3 rings (SSSR count). The molecule has 1 N–H and O–H groups in total. The first kappa shape index (κ1) is 16.4. The molecule has 2 amide bonds. The number of aryl methyl sites for hydroxylation is 1. The second-order valence-corrected chi connectivity index (χ2v) is 6.20. The van der Waals surface area contributed by atoms with Gasteiger partial charge < -0.3 is 19.6 Å². The van der Waals surface area contributed by atoms with Gasteiger partial charge in [0.05, 0.1) is 19.1 Å². The third-order valence-electron chi connectivity index (χ3n) is 4.52. The van der Waals surface area contributed by atoms with Gasteiger partial charge in [-0.2, -0.15) is 0 Å². The summed E-state index contributed by atoms with van der Waals surface area (Å²) in [6.07, 6.45) is 0.108. The predicted octanol–water partition coefficient (Wildman–Crippen LogP) is 0.660. The number of rotatable bonds is 3. The molecule has 2 fully saturated rings. The number of benzene rings is 1. The van der Waals surface area contributed by atoms with Gasteiger partial charge in [-0.3, -0.25) is 9.59 Å². The lowest BCUT2D eigenvalue weighted by molar-refractivity contribution is -0.160. The van der Waals surface area contributed by atoms with Gasteiger partial charge in [-0.15, -0.1) is 0 Å². The SMILES string of the molecule is Cc1ccc(N2CC(C(=O)N3CCOCC3C(=O)O)CC2=O)cc1. The molecular formula is C17H20N2O5. The maximum absolute atomic E-state index is 12.7. The number of hydrogen-bond donors (Lipinski definition) is 1. The van der Waals surface area contributed by atoms with E-state index >= 15 is 0 Å². The number of hydrogen-bond acceptors (Lipinski definition) is 4. The summed E-state index contributed by atoms with van der Waals surface area (Å²) in [5, 5.41) is 9.26. The Balaban J connectivity index is 1.73. The van der Waals surface area contributed by atoms with Gasteiger partial charge in [0.15, 0.2) is 6.04 Å². The summed E-state index contributed by atoms with van der Waals surface area (Å²) >= 11 is 0. The number of ether oxygens (including phenoxy) is 1. The van der Waals surface area contributed by atoms with Crippen molar-refractivity contribution >= 4 is 23.5 Å². The topological polar surface area (TPSA) is 87.2 Å². The Labute approximate surface area is 139 Å². The smallest absolute Gasteiger partial charge is 0.328 e. The summed E-state index contributed by atoms with van der Waals surface area (Å²) in [6, 6.07) is 6.57. The highest BCUT2D eigenvalue weighted by molar-refractivity contribution is 6.00. The van der Waals surface area contributed by atoms with Gasteiger partial charge in [-0.25, -0.2) is 4.79 Å². The van der Waals surface area contributed by atoms with Crippen LogP contribution in [0.2, 0.25) is 0 Å². The Morgan fingerprint density at radius 3 is 2.62 bits per heavy atom. The number of carbonyl (C=O) groups is 3. The molecule has 1 aromatic carbocycles. The molecule has 7 nitrogen and oxygen atoms in total. The molecule has 0 aliphatic carbocycles. The fourth-order valence-corrected chi connectivity index (χ4v) is 3.15.